The second-order valence-corrected chi connectivity index (χ2v) is 6.09. The van der Waals surface area contributed by atoms with Crippen LogP contribution in [0.4, 0.5) is 0 Å². The van der Waals surface area contributed by atoms with Gasteiger partial charge in [0.15, 0.2) is 0 Å². The van der Waals surface area contributed by atoms with Gasteiger partial charge in [0.2, 0.25) is 0 Å². The summed E-state index contributed by atoms with van der Waals surface area (Å²) in [5.74, 6) is 0. The fourth-order valence-corrected chi connectivity index (χ4v) is 2.80. The van der Waals surface area contributed by atoms with Gasteiger partial charge >= 0.3 is 0 Å². The topological polar surface area (TPSA) is 35.5 Å². The molecular formula is C15H22Cl2N2O. The fourth-order valence-electron chi connectivity index (χ4n) is 2.38. The van der Waals surface area contributed by atoms with Crippen LogP contribution in [-0.4, -0.2) is 42.2 Å². The zero-order valence-corrected chi connectivity index (χ0v) is 13.3. The molecule has 0 spiro atoms. The molecule has 3 nitrogen and oxygen atoms in total. The SMILES string of the molecule is CCN(CCNCC(O)c1cc(Cl)ccc1Cl)C1CC1. The zero-order chi connectivity index (χ0) is 14.5. The Kier molecular flexibility index (Phi) is 6.12. The molecule has 1 unspecified atom stereocenters. The standard InChI is InChI=1S/C15H22Cl2N2O/c1-2-19(12-4-5-12)8-7-18-10-15(20)13-9-11(16)3-6-14(13)17/h3,6,9,12,15,18,20H,2,4-5,7-8,10H2,1H3. The summed E-state index contributed by atoms with van der Waals surface area (Å²) in [4.78, 5) is 2.48. The predicted molar refractivity (Wildman–Crippen MR) is 84.6 cm³/mol. The molecule has 2 rings (SSSR count). The molecule has 0 aromatic heterocycles. The van der Waals surface area contributed by atoms with E-state index >= 15 is 0 Å². The first kappa shape index (κ1) is 16.1. The number of rotatable bonds is 8. The Morgan fingerprint density at radius 1 is 1.40 bits per heavy atom. The molecule has 1 aliphatic carbocycles. The Labute approximate surface area is 130 Å². The number of hydrogen-bond acceptors (Lipinski definition) is 3. The molecule has 0 aliphatic heterocycles. The maximum Gasteiger partial charge on any atom is 0.0929 e. The normalized spacial score (nSPS) is 16.6. The molecule has 1 aliphatic rings. The lowest BCUT2D eigenvalue weighted by atomic mass is 10.1. The van der Waals surface area contributed by atoms with Crippen molar-refractivity contribution in [1.29, 1.82) is 0 Å². The maximum absolute atomic E-state index is 10.2. The van der Waals surface area contributed by atoms with Crippen molar-refractivity contribution in [3.05, 3.63) is 33.8 Å². The average molecular weight is 317 g/mol. The van der Waals surface area contributed by atoms with Crippen molar-refractivity contribution in [2.24, 2.45) is 0 Å². The molecule has 5 heteroatoms. The highest BCUT2D eigenvalue weighted by Gasteiger charge is 2.27. The monoisotopic (exact) mass is 316 g/mol. The quantitative estimate of drug-likeness (QED) is 0.723. The molecular weight excluding hydrogens is 295 g/mol. The molecule has 1 atom stereocenters. The van der Waals surface area contributed by atoms with Gasteiger partial charge < -0.3 is 10.4 Å². The van der Waals surface area contributed by atoms with E-state index in [-0.39, 0.29) is 0 Å². The van der Waals surface area contributed by atoms with E-state index in [1.165, 1.54) is 12.8 Å². The Balaban J connectivity index is 1.74. The lowest BCUT2D eigenvalue weighted by Crippen LogP contribution is -2.35. The smallest absolute Gasteiger partial charge is 0.0929 e. The van der Waals surface area contributed by atoms with Crippen molar-refractivity contribution < 1.29 is 5.11 Å². The number of likely N-dealkylation sites (N-methyl/N-ethyl adjacent to an activating group) is 1. The van der Waals surface area contributed by atoms with Crippen molar-refractivity contribution in [3.8, 4) is 0 Å². The van der Waals surface area contributed by atoms with Gasteiger partial charge in [-0.15, -0.1) is 0 Å². The van der Waals surface area contributed by atoms with Crippen molar-refractivity contribution in [1.82, 2.24) is 10.2 Å². The molecule has 0 bridgehead atoms. The second-order valence-electron chi connectivity index (χ2n) is 5.25. The van der Waals surface area contributed by atoms with Crippen LogP contribution in [-0.2, 0) is 0 Å². The summed E-state index contributed by atoms with van der Waals surface area (Å²) >= 11 is 12.0. The third kappa shape index (κ3) is 4.61. The van der Waals surface area contributed by atoms with Crippen LogP contribution in [0.2, 0.25) is 10.0 Å². The van der Waals surface area contributed by atoms with E-state index in [9.17, 15) is 5.11 Å². The number of hydrogen-bond donors (Lipinski definition) is 2. The van der Waals surface area contributed by atoms with Crippen LogP contribution in [0, 0.1) is 0 Å². The summed E-state index contributed by atoms with van der Waals surface area (Å²) < 4.78 is 0. The van der Waals surface area contributed by atoms with Gasteiger partial charge in [-0.1, -0.05) is 30.1 Å². The van der Waals surface area contributed by atoms with E-state index in [1.807, 2.05) is 0 Å². The van der Waals surface area contributed by atoms with Crippen LogP contribution in [0.5, 0.6) is 0 Å². The third-order valence-electron chi connectivity index (χ3n) is 3.70. The van der Waals surface area contributed by atoms with E-state index in [0.717, 1.165) is 25.7 Å². The Hall–Kier alpha value is -0.320. The maximum atomic E-state index is 10.2. The zero-order valence-electron chi connectivity index (χ0n) is 11.8. The summed E-state index contributed by atoms with van der Waals surface area (Å²) in [5.41, 5.74) is 0.682. The summed E-state index contributed by atoms with van der Waals surface area (Å²) in [7, 11) is 0. The first-order valence-electron chi connectivity index (χ1n) is 7.19. The number of nitrogens with zero attached hydrogens (tertiary/aromatic N) is 1. The van der Waals surface area contributed by atoms with Crippen LogP contribution >= 0.6 is 23.2 Å². The Bertz CT molecular complexity index is 438. The van der Waals surface area contributed by atoms with Crippen molar-refractivity contribution >= 4 is 23.2 Å². The van der Waals surface area contributed by atoms with Crippen LogP contribution in [0.3, 0.4) is 0 Å². The molecule has 1 fully saturated rings. The fraction of sp³-hybridized carbons (Fsp3) is 0.600. The summed E-state index contributed by atoms with van der Waals surface area (Å²) in [5, 5.41) is 14.6. The lowest BCUT2D eigenvalue weighted by molar-refractivity contribution is 0.172. The van der Waals surface area contributed by atoms with Gasteiger partial charge in [-0.05, 0) is 37.6 Å². The minimum absolute atomic E-state index is 0.488. The van der Waals surface area contributed by atoms with E-state index in [1.54, 1.807) is 18.2 Å². The Morgan fingerprint density at radius 3 is 2.80 bits per heavy atom. The predicted octanol–water partition coefficient (Wildman–Crippen LogP) is 3.10. The molecule has 20 heavy (non-hydrogen) atoms. The highest BCUT2D eigenvalue weighted by Crippen LogP contribution is 2.27. The number of halogens is 2. The average Bonchev–Trinajstić information content (AvgIpc) is 3.26. The molecule has 112 valence electrons. The van der Waals surface area contributed by atoms with E-state index in [2.05, 4.69) is 17.1 Å². The van der Waals surface area contributed by atoms with Crippen molar-refractivity contribution in [2.75, 3.05) is 26.2 Å². The highest BCUT2D eigenvalue weighted by molar-refractivity contribution is 6.33. The molecule has 0 heterocycles. The van der Waals surface area contributed by atoms with Crippen LogP contribution in [0.15, 0.2) is 18.2 Å². The highest BCUT2D eigenvalue weighted by atomic mass is 35.5. The van der Waals surface area contributed by atoms with E-state index < -0.39 is 6.10 Å². The van der Waals surface area contributed by atoms with Crippen molar-refractivity contribution in [2.45, 2.75) is 31.9 Å². The molecule has 1 saturated carbocycles. The number of aliphatic hydroxyl groups is 1. The Morgan fingerprint density at radius 2 is 2.15 bits per heavy atom. The van der Waals surface area contributed by atoms with Crippen LogP contribution in [0.1, 0.15) is 31.4 Å². The van der Waals surface area contributed by atoms with Gasteiger partial charge in [-0.3, -0.25) is 4.90 Å². The van der Waals surface area contributed by atoms with Gasteiger partial charge in [-0.2, -0.15) is 0 Å². The van der Waals surface area contributed by atoms with Gasteiger partial charge in [0, 0.05) is 41.3 Å². The van der Waals surface area contributed by atoms with E-state index in [0.29, 0.717) is 22.2 Å². The van der Waals surface area contributed by atoms with Crippen LogP contribution in [0.25, 0.3) is 0 Å². The van der Waals surface area contributed by atoms with Gasteiger partial charge in [0.05, 0.1) is 6.10 Å². The molecule has 1 aromatic rings. The van der Waals surface area contributed by atoms with Crippen LogP contribution < -0.4 is 5.32 Å². The van der Waals surface area contributed by atoms with Gasteiger partial charge in [0.25, 0.3) is 0 Å². The van der Waals surface area contributed by atoms with Gasteiger partial charge in [-0.25, -0.2) is 0 Å². The first-order valence-corrected chi connectivity index (χ1v) is 7.95. The number of nitrogens with one attached hydrogen (secondary N) is 1. The third-order valence-corrected chi connectivity index (χ3v) is 4.28. The summed E-state index contributed by atoms with van der Waals surface area (Å²) in [6.07, 6.45) is 2.03. The molecule has 0 saturated heterocycles. The summed E-state index contributed by atoms with van der Waals surface area (Å²) in [6.45, 7) is 5.67. The van der Waals surface area contributed by atoms with E-state index in [4.69, 9.17) is 23.2 Å². The largest absolute Gasteiger partial charge is 0.387 e. The first-order chi connectivity index (χ1) is 9.61. The molecule has 0 radical (unpaired) electrons. The molecule has 1 aromatic carbocycles. The molecule has 2 N–H and O–H groups in total. The minimum atomic E-state index is -0.628. The summed E-state index contributed by atoms with van der Waals surface area (Å²) in [6, 6.07) is 5.95. The number of aliphatic hydroxyl groups excluding tert-OH is 1. The number of benzene rings is 1. The van der Waals surface area contributed by atoms with Crippen molar-refractivity contribution in [3.63, 3.8) is 0 Å². The lowest BCUT2D eigenvalue weighted by Gasteiger charge is -2.20. The molecule has 0 amide bonds. The second kappa shape index (κ2) is 7.62. The minimum Gasteiger partial charge on any atom is -0.387 e. The van der Waals surface area contributed by atoms with Gasteiger partial charge in [0.1, 0.15) is 0 Å².